The van der Waals surface area contributed by atoms with Crippen LogP contribution < -0.4 is 0 Å². The third kappa shape index (κ3) is 5.17. The maximum absolute atomic E-state index is 11.4. The van der Waals surface area contributed by atoms with Gasteiger partial charge < -0.3 is 5.11 Å². The average Bonchev–Trinajstić information content (AvgIpc) is 2.28. The zero-order chi connectivity index (χ0) is 12.9. The largest absolute Gasteiger partial charge is 0.377 e. The molecule has 0 aromatic rings. The Bertz CT molecular complexity index is 352. The third-order valence-corrected chi connectivity index (χ3v) is 5.02. The van der Waals surface area contributed by atoms with Crippen LogP contribution in [0.4, 0.5) is 0 Å². The van der Waals surface area contributed by atoms with Gasteiger partial charge in [0, 0.05) is 11.8 Å². The molecule has 1 aliphatic carbocycles. The van der Waals surface area contributed by atoms with Crippen molar-refractivity contribution in [1.82, 2.24) is 0 Å². The van der Waals surface area contributed by atoms with E-state index in [0.29, 0.717) is 6.42 Å². The van der Waals surface area contributed by atoms with E-state index < -0.39 is 15.3 Å². The topological polar surface area (TPSA) is 66.7 Å². The van der Waals surface area contributed by atoms with E-state index in [1.165, 1.54) is 31.9 Å². The molecule has 17 heavy (non-hydrogen) atoms. The highest BCUT2D eigenvalue weighted by molar-refractivity contribution is 7.91. The summed E-state index contributed by atoms with van der Waals surface area (Å²) in [6.07, 6.45) is 6.32. The highest BCUT2D eigenvalue weighted by Gasteiger charge is 2.19. The second-order valence-electron chi connectivity index (χ2n) is 4.86. The van der Waals surface area contributed by atoms with Crippen LogP contribution in [0.3, 0.4) is 0 Å². The second kappa shape index (κ2) is 6.50. The lowest BCUT2D eigenvalue weighted by Crippen LogP contribution is -2.22. The van der Waals surface area contributed by atoms with Crippen molar-refractivity contribution in [2.75, 3.05) is 5.75 Å². The molecule has 0 aliphatic heterocycles. The molecule has 0 aromatic heterocycles. The maximum Gasteiger partial charge on any atom is 0.176 e. The molecule has 1 rings (SSSR count). The lowest BCUT2D eigenvalue weighted by Gasteiger charge is -2.15. The van der Waals surface area contributed by atoms with Gasteiger partial charge in [0.15, 0.2) is 15.3 Å². The SMILES string of the molecule is CC(CCS(=O)(=O)C(C)O)N=C1CCCCC1. The molecule has 5 heteroatoms. The Hall–Kier alpha value is -0.420. The zero-order valence-electron chi connectivity index (χ0n) is 10.7. The van der Waals surface area contributed by atoms with E-state index in [1.807, 2.05) is 6.92 Å². The van der Waals surface area contributed by atoms with Gasteiger partial charge in [-0.15, -0.1) is 0 Å². The van der Waals surface area contributed by atoms with Crippen LogP contribution in [-0.2, 0) is 9.84 Å². The van der Waals surface area contributed by atoms with E-state index in [-0.39, 0.29) is 11.8 Å². The zero-order valence-corrected chi connectivity index (χ0v) is 11.5. The van der Waals surface area contributed by atoms with Crippen LogP contribution in [0.1, 0.15) is 52.4 Å². The summed E-state index contributed by atoms with van der Waals surface area (Å²) < 4.78 is 22.9. The summed E-state index contributed by atoms with van der Waals surface area (Å²) >= 11 is 0. The van der Waals surface area contributed by atoms with E-state index in [9.17, 15) is 8.42 Å². The van der Waals surface area contributed by atoms with Crippen LogP contribution in [0.5, 0.6) is 0 Å². The van der Waals surface area contributed by atoms with Crippen molar-refractivity contribution in [3.63, 3.8) is 0 Å². The Kier molecular flexibility index (Phi) is 5.59. The van der Waals surface area contributed by atoms with Crippen LogP contribution in [0.2, 0.25) is 0 Å². The number of aliphatic hydroxyl groups is 1. The van der Waals surface area contributed by atoms with Gasteiger partial charge in [-0.25, -0.2) is 8.42 Å². The average molecular weight is 261 g/mol. The van der Waals surface area contributed by atoms with Crippen LogP contribution in [0, 0.1) is 0 Å². The van der Waals surface area contributed by atoms with Gasteiger partial charge in [0.2, 0.25) is 0 Å². The van der Waals surface area contributed by atoms with Gasteiger partial charge in [0.05, 0.1) is 5.75 Å². The fourth-order valence-corrected chi connectivity index (χ4v) is 2.98. The molecule has 2 atom stereocenters. The molecule has 100 valence electrons. The minimum absolute atomic E-state index is 0.0165. The number of aliphatic hydroxyl groups excluding tert-OH is 1. The Labute approximate surface area is 104 Å². The quantitative estimate of drug-likeness (QED) is 0.822. The third-order valence-electron chi connectivity index (χ3n) is 3.17. The standard InChI is InChI=1S/C12H23NO3S/c1-10(8-9-17(15,16)11(2)14)13-12-6-4-3-5-7-12/h10-11,14H,3-9H2,1-2H3. The summed E-state index contributed by atoms with van der Waals surface area (Å²) in [5.74, 6) is 0.0165. The van der Waals surface area contributed by atoms with Gasteiger partial charge in [0.1, 0.15) is 0 Å². The molecule has 0 amide bonds. The highest BCUT2D eigenvalue weighted by atomic mass is 32.2. The second-order valence-corrected chi connectivity index (χ2v) is 7.28. The fraction of sp³-hybridized carbons (Fsp3) is 0.917. The summed E-state index contributed by atoms with van der Waals surface area (Å²) in [4.78, 5) is 4.57. The van der Waals surface area contributed by atoms with E-state index in [2.05, 4.69) is 4.99 Å². The Morgan fingerprint density at radius 2 is 1.82 bits per heavy atom. The highest BCUT2D eigenvalue weighted by Crippen LogP contribution is 2.16. The van der Waals surface area contributed by atoms with Crippen molar-refractivity contribution in [3.05, 3.63) is 0 Å². The lowest BCUT2D eigenvalue weighted by molar-refractivity contribution is 0.268. The molecule has 0 spiro atoms. The van der Waals surface area contributed by atoms with Crippen molar-refractivity contribution >= 4 is 15.5 Å². The maximum atomic E-state index is 11.4. The Morgan fingerprint density at radius 1 is 1.24 bits per heavy atom. The molecular formula is C12H23NO3S. The van der Waals surface area contributed by atoms with Crippen LogP contribution >= 0.6 is 0 Å². The molecule has 0 radical (unpaired) electrons. The Balaban J connectivity index is 2.42. The van der Waals surface area contributed by atoms with E-state index in [1.54, 1.807) is 0 Å². The molecule has 1 fully saturated rings. The summed E-state index contributed by atoms with van der Waals surface area (Å²) in [6, 6.07) is 0.0385. The van der Waals surface area contributed by atoms with Crippen LogP contribution in [-0.4, -0.2) is 36.5 Å². The number of hydrogen-bond donors (Lipinski definition) is 1. The van der Waals surface area contributed by atoms with Crippen molar-refractivity contribution in [1.29, 1.82) is 0 Å². The first-order valence-electron chi connectivity index (χ1n) is 6.37. The van der Waals surface area contributed by atoms with Gasteiger partial charge >= 0.3 is 0 Å². The lowest BCUT2D eigenvalue weighted by atomic mass is 9.98. The molecule has 2 unspecified atom stereocenters. The van der Waals surface area contributed by atoms with Crippen molar-refractivity contribution in [2.24, 2.45) is 4.99 Å². The fourth-order valence-electron chi connectivity index (χ4n) is 1.97. The minimum atomic E-state index is -3.35. The number of hydrogen-bond acceptors (Lipinski definition) is 4. The first-order chi connectivity index (χ1) is 7.92. The molecule has 4 nitrogen and oxygen atoms in total. The predicted molar refractivity (Wildman–Crippen MR) is 70.1 cm³/mol. The first kappa shape index (κ1) is 14.6. The van der Waals surface area contributed by atoms with Gasteiger partial charge in [-0.1, -0.05) is 6.42 Å². The summed E-state index contributed by atoms with van der Waals surface area (Å²) in [7, 11) is -3.35. The van der Waals surface area contributed by atoms with Crippen molar-refractivity contribution in [2.45, 2.75) is 63.9 Å². The molecule has 1 N–H and O–H groups in total. The number of rotatable bonds is 5. The molecule has 0 saturated heterocycles. The van der Waals surface area contributed by atoms with E-state index in [0.717, 1.165) is 12.8 Å². The smallest absolute Gasteiger partial charge is 0.176 e. The van der Waals surface area contributed by atoms with Crippen molar-refractivity contribution < 1.29 is 13.5 Å². The number of nitrogens with zero attached hydrogens (tertiary/aromatic N) is 1. The first-order valence-corrected chi connectivity index (χ1v) is 8.08. The normalized spacial score (nSPS) is 21.0. The predicted octanol–water partition coefficient (Wildman–Crippen LogP) is 1.92. The minimum Gasteiger partial charge on any atom is -0.377 e. The Morgan fingerprint density at radius 3 is 2.35 bits per heavy atom. The molecule has 1 aliphatic rings. The molecule has 0 aromatic carbocycles. The monoisotopic (exact) mass is 261 g/mol. The van der Waals surface area contributed by atoms with E-state index >= 15 is 0 Å². The van der Waals surface area contributed by atoms with Gasteiger partial charge in [-0.2, -0.15) is 0 Å². The molecule has 0 heterocycles. The van der Waals surface area contributed by atoms with E-state index in [4.69, 9.17) is 5.11 Å². The van der Waals surface area contributed by atoms with Crippen molar-refractivity contribution in [3.8, 4) is 0 Å². The number of sulfone groups is 1. The molecule has 1 saturated carbocycles. The van der Waals surface area contributed by atoms with Crippen LogP contribution in [0.25, 0.3) is 0 Å². The number of aliphatic imine (C=N–C) groups is 1. The molecule has 0 bridgehead atoms. The molecular weight excluding hydrogens is 238 g/mol. The van der Waals surface area contributed by atoms with Gasteiger partial charge in [-0.3, -0.25) is 4.99 Å². The van der Waals surface area contributed by atoms with Gasteiger partial charge in [0.25, 0.3) is 0 Å². The summed E-state index contributed by atoms with van der Waals surface area (Å²) in [5, 5.41) is 9.09. The summed E-state index contributed by atoms with van der Waals surface area (Å²) in [6.45, 7) is 3.24. The van der Waals surface area contributed by atoms with Gasteiger partial charge in [-0.05, 0) is 46.0 Å². The van der Waals surface area contributed by atoms with Crippen LogP contribution in [0.15, 0.2) is 4.99 Å². The summed E-state index contributed by atoms with van der Waals surface area (Å²) in [5.41, 5.74) is -0.0322.